The summed E-state index contributed by atoms with van der Waals surface area (Å²) in [5.74, 6) is 0.393. The van der Waals surface area contributed by atoms with E-state index >= 15 is 0 Å². The van der Waals surface area contributed by atoms with Gasteiger partial charge in [0.05, 0.1) is 0 Å². The van der Waals surface area contributed by atoms with Crippen molar-refractivity contribution in [1.82, 2.24) is 20.2 Å². The maximum atomic E-state index is 13.0. The standard InChI is InChI=1S/C27H37N7O3/c1-26(2,3)18-31-23-20(16-29-22(15-28)32-23)17-30-24(35)19-8-7-9-21(14-19)33-10-12-34(13-11-33)25(36)37-27(4,5)6/h7-9,14,16H,10-13,17-18H2,1-6H3,(H,30,35)(H,29,31,32). The lowest BCUT2D eigenvalue weighted by molar-refractivity contribution is 0.0240. The number of aromatic nitrogens is 2. The Balaban J connectivity index is 1.62. The summed E-state index contributed by atoms with van der Waals surface area (Å²) in [6, 6.07) is 9.39. The molecule has 198 valence electrons. The number of carbonyl (C=O) groups is 2. The Kier molecular flexibility index (Phi) is 8.58. The van der Waals surface area contributed by atoms with Gasteiger partial charge in [0, 0.05) is 62.3 Å². The molecule has 2 heterocycles. The fourth-order valence-electron chi connectivity index (χ4n) is 3.69. The van der Waals surface area contributed by atoms with Crippen molar-refractivity contribution in [1.29, 1.82) is 5.26 Å². The highest BCUT2D eigenvalue weighted by molar-refractivity contribution is 5.95. The van der Waals surface area contributed by atoms with Gasteiger partial charge in [-0.1, -0.05) is 26.8 Å². The van der Waals surface area contributed by atoms with Gasteiger partial charge in [-0.3, -0.25) is 4.79 Å². The van der Waals surface area contributed by atoms with Crippen molar-refractivity contribution in [3.8, 4) is 6.07 Å². The second kappa shape index (κ2) is 11.5. The van der Waals surface area contributed by atoms with Crippen molar-refractivity contribution >= 4 is 23.5 Å². The fraction of sp³-hybridized carbons (Fsp3) is 0.519. The molecule has 0 bridgehead atoms. The minimum Gasteiger partial charge on any atom is -0.444 e. The SMILES string of the molecule is CC(C)(C)CNc1nc(C#N)ncc1CNC(=O)c1cccc(N2CCN(C(=O)OC(C)(C)C)CC2)c1. The molecule has 0 radical (unpaired) electrons. The van der Waals surface area contributed by atoms with Gasteiger partial charge in [-0.25, -0.2) is 14.8 Å². The third-order valence-corrected chi connectivity index (χ3v) is 5.59. The van der Waals surface area contributed by atoms with E-state index in [2.05, 4.69) is 46.3 Å². The third kappa shape index (κ3) is 8.34. The van der Waals surface area contributed by atoms with Gasteiger partial charge in [-0.2, -0.15) is 5.26 Å². The van der Waals surface area contributed by atoms with Crippen LogP contribution < -0.4 is 15.5 Å². The minimum atomic E-state index is -0.525. The molecule has 10 nitrogen and oxygen atoms in total. The lowest BCUT2D eigenvalue weighted by atomic mass is 9.97. The predicted molar refractivity (Wildman–Crippen MR) is 142 cm³/mol. The van der Waals surface area contributed by atoms with Crippen LogP contribution in [-0.4, -0.2) is 65.2 Å². The van der Waals surface area contributed by atoms with Crippen molar-refractivity contribution in [2.45, 2.75) is 53.7 Å². The van der Waals surface area contributed by atoms with Crippen LogP contribution in [0.25, 0.3) is 0 Å². The molecule has 0 atom stereocenters. The largest absolute Gasteiger partial charge is 0.444 e. The number of piperazine rings is 1. The molecule has 1 aliphatic heterocycles. The Morgan fingerprint density at radius 3 is 2.43 bits per heavy atom. The number of rotatable bonds is 6. The number of ether oxygens (including phenoxy) is 1. The maximum Gasteiger partial charge on any atom is 0.410 e. The summed E-state index contributed by atoms with van der Waals surface area (Å²) < 4.78 is 5.47. The van der Waals surface area contributed by atoms with Crippen LogP contribution in [0.15, 0.2) is 30.5 Å². The number of anilines is 2. The van der Waals surface area contributed by atoms with E-state index in [1.165, 1.54) is 0 Å². The Labute approximate surface area is 219 Å². The molecular formula is C27H37N7O3. The summed E-state index contributed by atoms with van der Waals surface area (Å²) in [5.41, 5.74) is 1.64. The van der Waals surface area contributed by atoms with E-state index in [0.717, 1.165) is 5.69 Å². The van der Waals surface area contributed by atoms with Crippen molar-refractivity contribution in [2.24, 2.45) is 5.41 Å². The van der Waals surface area contributed by atoms with E-state index in [-0.39, 0.29) is 29.8 Å². The number of nitrogens with zero attached hydrogens (tertiary/aromatic N) is 5. The second-order valence-corrected chi connectivity index (χ2v) is 11.3. The smallest absolute Gasteiger partial charge is 0.410 e. The van der Waals surface area contributed by atoms with E-state index in [1.807, 2.05) is 45.0 Å². The zero-order chi connectivity index (χ0) is 27.2. The molecule has 2 aromatic rings. The summed E-state index contributed by atoms with van der Waals surface area (Å²) >= 11 is 0. The van der Waals surface area contributed by atoms with Crippen LogP contribution in [0.1, 0.15) is 63.3 Å². The van der Waals surface area contributed by atoms with E-state index in [1.54, 1.807) is 17.2 Å². The molecule has 1 aromatic heterocycles. The molecule has 3 rings (SSSR count). The summed E-state index contributed by atoms with van der Waals surface area (Å²) in [6.07, 6.45) is 1.26. The monoisotopic (exact) mass is 507 g/mol. The average Bonchev–Trinajstić information content (AvgIpc) is 2.85. The minimum absolute atomic E-state index is 0.0110. The highest BCUT2D eigenvalue weighted by atomic mass is 16.6. The van der Waals surface area contributed by atoms with Gasteiger partial charge in [0.2, 0.25) is 5.82 Å². The number of nitriles is 1. The number of amides is 2. The summed E-state index contributed by atoms with van der Waals surface area (Å²) in [5, 5.41) is 15.4. The first-order chi connectivity index (χ1) is 17.3. The molecule has 0 unspecified atom stereocenters. The first-order valence-electron chi connectivity index (χ1n) is 12.5. The van der Waals surface area contributed by atoms with Crippen LogP contribution >= 0.6 is 0 Å². The molecule has 0 spiro atoms. The Morgan fingerprint density at radius 2 is 1.81 bits per heavy atom. The van der Waals surface area contributed by atoms with Gasteiger partial charge in [-0.05, 0) is 44.4 Å². The molecule has 0 saturated carbocycles. The third-order valence-electron chi connectivity index (χ3n) is 5.59. The predicted octanol–water partition coefficient (Wildman–Crippen LogP) is 3.79. The maximum absolute atomic E-state index is 13.0. The lowest BCUT2D eigenvalue weighted by Crippen LogP contribution is -2.50. The molecule has 37 heavy (non-hydrogen) atoms. The highest BCUT2D eigenvalue weighted by Gasteiger charge is 2.26. The van der Waals surface area contributed by atoms with E-state index in [0.29, 0.717) is 49.7 Å². The summed E-state index contributed by atoms with van der Waals surface area (Å²) in [6.45, 7) is 15.1. The van der Waals surface area contributed by atoms with E-state index < -0.39 is 5.60 Å². The zero-order valence-electron chi connectivity index (χ0n) is 22.6. The molecule has 1 aromatic carbocycles. The van der Waals surface area contributed by atoms with E-state index in [9.17, 15) is 9.59 Å². The Morgan fingerprint density at radius 1 is 1.11 bits per heavy atom. The number of hydrogen-bond acceptors (Lipinski definition) is 8. The molecule has 1 saturated heterocycles. The first kappa shape index (κ1) is 27.7. The molecule has 1 aliphatic rings. The number of nitrogens with one attached hydrogen (secondary N) is 2. The van der Waals surface area contributed by atoms with Crippen molar-refractivity contribution in [3.63, 3.8) is 0 Å². The number of hydrogen-bond donors (Lipinski definition) is 2. The van der Waals surface area contributed by atoms with Gasteiger partial charge in [0.15, 0.2) is 0 Å². The van der Waals surface area contributed by atoms with Crippen LogP contribution in [0.4, 0.5) is 16.3 Å². The molecule has 2 N–H and O–H groups in total. The zero-order valence-corrected chi connectivity index (χ0v) is 22.6. The van der Waals surface area contributed by atoms with Crippen LogP contribution in [-0.2, 0) is 11.3 Å². The Bertz CT molecular complexity index is 1150. The van der Waals surface area contributed by atoms with Crippen LogP contribution in [0, 0.1) is 16.7 Å². The molecule has 0 aliphatic carbocycles. The lowest BCUT2D eigenvalue weighted by Gasteiger charge is -2.36. The van der Waals surface area contributed by atoms with Crippen molar-refractivity contribution in [3.05, 3.63) is 47.4 Å². The number of carbonyl (C=O) groups excluding carboxylic acids is 2. The van der Waals surface area contributed by atoms with Gasteiger partial charge < -0.3 is 25.2 Å². The normalized spacial score (nSPS) is 14.1. The van der Waals surface area contributed by atoms with Crippen molar-refractivity contribution in [2.75, 3.05) is 42.9 Å². The molecular weight excluding hydrogens is 470 g/mol. The molecule has 1 fully saturated rings. The van der Waals surface area contributed by atoms with Gasteiger partial charge >= 0.3 is 6.09 Å². The molecule has 10 heteroatoms. The van der Waals surface area contributed by atoms with Gasteiger partial charge in [-0.15, -0.1) is 0 Å². The van der Waals surface area contributed by atoms with Gasteiger partial charge in [0.1, 0.15) is 17.5 Å². The van der Waals surface area contributed by atoms with Crippen LogP contribution in [0.2, 0.25) is 0 Å². The average molecular weight is 508 g/mol. The topological polar surface area (TPSA) is 123 Å². The number of benzene rings is 1. The Hall–Kier alpha value is -3.87. The quantitative estimate of drug-likeness (QED) is 0.605. The van der Waals surface area contributed by atoms with E-state index in [4.69, 9.17) is 10.00 Å². The molecule has 2 amide bonds. The fourth-order valence-corrected chi connectivity index (χ4v) is 3.69. The second-order valence-electron chi connectivity index (χ2n) is 11.3. The summed E-state index contributed by atoms with van der Waals surface area (Å²) in [7, 11) is 0. The van der Waals surface area contributed by atoms with Crippen molar-refractivity contribution < 1.29 is 14.3 Å². The summed E-state index contributed by atoms with van der Waals surface area (Å²) in [4.78, 5) is 37.5. The van der Waals surface area contributed by atoms with Crippen LogP contribution in [0.5, 0.6) is 0 Å². The van der Waals surface area contributed by atoms with Gasteiger partial charge in [0.25, 0.3) is 5.91 Å². The first-order valence-corrected chi connectivity index (χ1v) is 12.5. The highest BCUT2D eigenvalue weighted by Crippen LogP contribution is 2.21. The van der Waals surface area contributed by atoms with Crippen LogP contribution in [0.3, 0.4) is 0 Å².